The highest BCUT2D eigenvalue weighted by atomic mass is 32.2. The fraction of sp³-hybridized carbons (Fsp3) is 0.423. The number of hydrogen-bond donors (Lipinski definition) is 1. The van der Waals surface area contributed by atoms with E-state index < -0.39 is 38.7 Å². The van der Waals surface area contributed by atoms with Crippen molar-refractivity contribution in [2.24, 2.45) is 0 Å². The van der Waals surface area contributed by atoms with Crippen LogP contribution < -0.4 is 9.04 Å². The lowest BCUT2D eigenvalue weighted by molar-refractivity contribution is -0.141. The van der Waals surface area contributed by atoms with E-state index >= 15 is 0 Å². The molecule has 0 aromatic heterocycles. The van der Waals surface area contributed by atoms with E-state index in [2.05, 4.69) is 4.74 Å². The normalized spacial score (nSPS) is 20.1. The first-order valence-electron chi connectivity index (χ1n) is 11.9. The summed E-state index contributed by atoms with van der Waals surface area (Å²) in [6.07, 6.45) is -0.920. The smallest absolute Gasteiger partial charge is 0.416 e. The minimum absolute atomic E-state index is 0.00994. The maximum absolute atomic E-state index is 13.7. The standard InChI is InChI=1S/C26H28F3NO6S/c1-35-25(32)12-10-21-16-30(37(33,34)22-4-2-3-19(15-22)26(27,28)29)23-14-18(7-11-24(23)36-21)13-17-5-8-20(31)9-6-17/h2-4,7,11,13-15,20-21,31H,5-6,8-10,12,16H2,1H3/t20?,21-/m0/s1. The second kappa shape index (κ2) is 10.7. The third kappa shape index (κ3) is 6.27. The summed E-state index contributed by atoms with van der Waals surface area (Å²) in [6, 6.07) is 8.65. The van der Waals surface area contributed by atoms with Crippen LogP contribution in [0.1, 0.15) is 49.7 Å². The van der Waals surface area contributed by atoms with Gasteiger partial charge in [-0.25, -0.2) is 8.42 Å². The van der Waals surface area contributed by atoms with Crippen LogP contribution in [0.2, 0.25) is 0 Å². The van der Waals surface area contributed by atoms with E-state index in [0.29, 0.717) is 24.5 Å². The SMILES string of the molecule is COC(=O)CC[C@H]1CN(S(=O)(=O)c2cccc(C(F)(F)F)c2)c2cc(C=C3CCC(O)CC3)ccc2O1. The van der Waals surface area contributed by atoms with Crippen LogP contribution in [-0.4, -0.2) is 45.4 Å². The lowest BCUT2D eigenvalue weighted by Gasteiger charge is -2.35. The van der Waals surface area contributed by atoms with Gasteiger partial charge in [0, 0.05) is 6.42 Å². The van der Waals surface area contributed by atoms with Crippen molar-refractivity contribution in [1.82, 2.24) is 0 Å². The van der Waals surface area contributed by atoms with Crippen molar-refractivity contribution in [3.8, 4) is 5.75 Å². The summed E-state index contributed by atoms with van der Waals surface area (Å²) in [5, 5.41) is 9.76. The molecule has 7 nitrogen and oxygen atoms in total. The number of allylic oxidation sites excluding steroid dienone is 1. The third-order valence-electron chi connectivity index (χ3n) is 6.53. The van der Waals surface area contributed by atoms with E-state index in [4.69, 9.17) is 4.74 Å². The molecule has 4 rings (SSSR count). The molecule has 200 valence electrons. The first-order chi connectivity index (χ1) is 17.5. The number of methoxy groups -OCH3 is 1. The third-order valence-corrected chi connectivity index (χ3v) is 8.31. The summed E-state index contributed by atoms with van der Waals surface area (Å²) in [5.74, 6) is -0.237. The second-order valence-electron chi connectivity index (χ2n) is 9.18. The lowest BCUT2D eigenvalue weighted by atomic mass is 9.91. The number of rotatable bonds is 6. The molecule has 0 amide bonds. The van der Waals surface area contributed by atoms with E-state index in [-0.39, 0.29) is 36.9 Å². The summed E-state index contributed by atoms with van der Waals surface area (Å²) in [5.41, 5.74) is 0.968. The molecule has 37 heavy (non-hydrogen) atoms. The number of alkyl halides is 3. The Morgan fingerprint density at radius 3 is 2.59 bits per heavy atom. The van der Waals surface area contributed by atoms with Gasteiger partial charge in [-0.2, -0.15) is 13.2 Å². The number of halogens is 3. The number of benzene rings is 2. The zero-order chi connectivity index (χ0) is 26.8. The Morgan fingerprint density at radius 1 is 1.19 bits per heavy atom. The fourth-order valence-corrected chi connectivity index (χ4v) is 6.04. The van der Waals surface area contributed by atoms with Crippen LogP contribution in [0.3, 0.4) is 0 Å². The van der Waals surface area contributed by atoms with Gasteiger partial charge < -0.3 is 14.6 Å². The molecule has 2 aromatic rings. The molecular weight excluding hydrogens is 511 g/mol. The van der Waals surface area contributed by atoms with Crippen molar-refractivity contribution in [3.05, 3.63) is 59.2 Å². The number of esters is 1. The predicted molar refractivity (Wildman–Crippen MR) is 131 cm³/mol. The molecule has 1 aliphatic carbocycles. The van der Waals surface area contributed by atoms with E-state index in [1.807, 2.05) is 6.08 Å². The minimum atomic E-state index is -4.70. The maximum Gasteiger partial charge on any atom is 0.416 e. The van der Waals surface area contributed by atoms with Crippen LogP contribution in [0.5, 0.6) is 5.75 Å². The molecule has 2 aliphatic rings. The number of carbonyl (C=O) groups excluding carboxylic acids is 1. The van der Waals surface area contributed by atoms with E-state index in [0.717, 1.165) is 40.9 Å². The summed E-state index contributed by atoms with van der Waals surface area (Å²) in [4.78, 5) is 11.2. The highest BCUT2D eigenvalue weighted by Gasteiger charge is 2.37. The zero-order valence-electron chi connectivity index (χ0n) is 20.2. The van der Waals surface area contributed by atoms with Gasteiger partial charge in [-0.05, 0) is 68.0 Å². The lowest BCUT2D eigenvalue weighted by Crippen LogP contribution is -2.43. The van der Waals surface area contributed by atoms with Crippen molar-refractivity contribution in [2.45, 2.75) is 61.8 Å². The number of carbonyl (C=O) groups is 1. The molecule has 2 aromatic carbocycles. The zero-order valence-corrected chi connectivity index (χ0v) is 21.0. The Labute approximate surface area is 213 Å². The van der Waals surface area contributed by atoms with Gasteiger partial charge in [0.05, 0.1) is 35.9 Å². The molecule has 0 unspecified atom stereocenters. The van der Waals surface area contributed by atoms with Crippen LogP contribution in [0.15, 0.2) is 52.9 Å². The molecule has 1 N–H and O–H groups in total. The molecule has 1 aliphatic heterocycles. The first kappa shape index (κ1) is 27.0. The molecule has 0 radical (unpaired) electrons. The van der Waals surface area contributed by atoms with Crippen LogP contribution in [0, 0.1) is 0 Å². The summed E-state index contributed by atoms with van der Waals surface area (Å²) in [6.45, 7) is -0.186. The molecule has 1 atom stereocenters. The van der Waals surface area contributed by atoms with Gasteiger partial charge >= 0.3 is 12.1 Å². The summed E-state index contributed by atoms with van der Waals surface area (Å²) < 4.78 is 79.0. The number of hydrogen-bond acceptors (Lipinski definition) is 6. The molecule has 1 heterocycles. The van der Waals surface area contributed by atoms with E-state index in [9.17, 15) is 31.5 Å². The number of aliphatic hydroxyl groups excluding tert-OH is 1. The van der Waals surface area contributed by atoms with Gasteiger partial charge in [-0.15, -0.1) is 0 Å². The molecule has 0 saturated heterocycles. The molecule has 0 spiro atoms. The van der Waals surface area contributed by atoms with Gasteiger partial charge in [0.15, 0.2) is 0 Å². The van der Waals surface area contributed by atoms with Crippen LogP contribution in [-0.2, 0) is 25.7 Å². The largest absolute Gasteiger partial charge is 0.486 e. The number of aliphatic hydroxyl groups is 1. The molecule has 0 bridgehead atoms. The Kier molecular flexibility index (Phi) is 7.84. The summed E-state index contributed by atoms with van der Waals surface area (Å²) >= 11 is 0. The Hall–Kier alpha value is -3.05. The number of sulfonamides is 1. The number of anilines is 1. The molecule has 11 heteroatoms. The Bertz CT molecular complexity index is 1280. The topological polar surface area (TPSA) is 93.1 Å². The van der Waals surface area contributed by atoms with Crippen LogP contribution >= 0.6 is 0 Å². The van der Waals surface area contributed by atoms with Crippen LogP contribution in [0.4, 0.5) is 18.9 Å². The van der Waals surface area contributed by atoms with Gasteiger partial charge in [0.25, 0.3) is 10.0 Å². The minimum Gasteiger partial charge on any atom is -0.486 e. The van der Waals surface area contributed by atoms with Crippen molar-refractivity contribution in [2.75, 3.05) is 18.0 Å². The molecule has 1 fully saturated rings. The second-order valence-corrected chi connectivity index (χ2v) is 11.0. The fourth-order valence-electron chi connectivity index (χ4n) is 4.49. The molecular formula is C26H28F3NO6S. The van der Waals surface area contributed by atoms with Crippen molar-refractivity contribution >= 4 is 27.8 Å². The maximum atomic E-state index is 13.7. The van der Waals surface area contributed by atoms with Crippen molar-refractivity contribution < 1.29 is 41.0 Å². The highest BCUT2D eigenvalue weighted by molar-refractivity contribution is 7.92. The van der Waals surface area contributed by atoms with E-state index in [1.165, 1.54) is 7.11 Å². The summed E-state index contributed by atoms with van der Waals surface area (Å²) in [7, 11) is -3.17. The number of fused-ring (bicyclic) bond motifs is 1. The van der Waals surface area contributed by atoms with Crippen molar-refractivity contribution in [1.29, 1.82) is 0 Å². The Morgan fingerprint density at radius 2 is 1.92 bits per heavy atom. The Balaban J connectivity index is 1.72. The van der Waals surface area contributed by atoms with Gasteiger partial charge in [-0.3, -0.25) is 9.10 Å². The van der Waals surface area contributed by atoms with E-state index in [1.54, 1.807) is 18.2 Å². The van der Waals surface area contributed by atoms with Gasteiger partial charge in [0.2, 0.25) is 0 Å². The van der Waals surface area contributed by atoms with Crippen molar-refractivity contribution in [3.63, 3.8) is 0 Å². The number of nitrogens with zero attached hydrogens (tertiary/aromatic N) is 1. The monoisotopic (exact) mass is 539 g/mol. The first-order valence-corrected chi connectivity index (χ1v) is 13.4. The average Bonchev–Trinajstić information content (AvgIpc) is 2.87. The van der Waals surface area contributed by atoms with Gasteiger partial charge in [-0.1, -0.05) is 23.8 Å². The number of ether oxygens (including phenoxy) is 2. The highest BCUT2D eigenvalue weighted by Crippen LogP contribution is 2.40. The predicted octanol–water partition coefficient (Wildman–Crippen LogP) is 4.93. The van der Waals surface area contributed by atoms with Crippen LogP contribution in [0.25, 0.3) is 6.08 Å². The average molecular weight is 540 g/mol. The quantitative estimate of drug-likeness (QED) is 0.523. The molecule has 1 saturated carbocycles. The van der Waals surface area contributed by atoms with Gasteiger partial charge in [0.1, 0.15) is 11.9 Å².